The van der Waals surface area contributed by atoms with E-state index in [1.54, 1.807) is 0 Å². The van der Waals surface area contributed by atoms with Crippen molar-refractivity contribution < 1.29 is 0 Å². The van der Waals surface area contributed by atoms with Gasteiger partial charge in [-0.15, -0.1) is 0 Å². The predicted octanol–water partition coefficient (Wildman–Crippen LogP) is 4.74. The van der Waals surface area contributed by atoms with E-state index in [1.807, 2.05) is 0 Å². The largest absolute Gasteiger partial charge is 0.0625 e. The molecule has 1 aliphatic carbocycles. The maximum Gasteiger partial charge on any atom is -0.0337 e. The molecule has 0 heterocycles. The molecule has 0 heteroatoms. The summed E-state index contributed by atoms with van der Waals surface area (Å²) in [5.74, 6) is 3.73. The van der Waals surface area contributed by atoms with E-state index in [9.17, 15) is 0 Å². The van der Waals surface area contributed by atoms with E-state index in [1.165, 1.54) is 19.3 Å². The van der Waals surface area contributed by atoms with E-state index < -0.39 is 0 Å². The summed E-state index contributed by atoms with van der Waals surface area (Å²) in [5.41, 5.74) is 0.507. The second kappa shape index (κ2) is 4.24. The average Bonchev–Trinajstić information content (AvgIpc) is 2.02. The van der Waals surface area contributed by atoms with Crippen LogP contribution in [0.5, 0.6) is 0 Å². The van der Waals surface area contributed by atoms with Crippen LogP contribution in [0.15, 0.2) is 0 Å². The normalized spacial score (nSPS) is 34.9. The van der Waals surface area contributed by atoms with Crippen LogP contribution in [0.4, 0.5) is 0 Å². The third kappa shape index (κ3) is 2.74. The lowest BCUT2D eigenvalue weighted by molar-refractivity contribution is 0.0699. The minimum atomic E-state index is 0.507. The van der Waals surface area contributed by atoms with Gasteiger partial charge in [0.05, 0.1) is 0 Å². The average molecular weight is 196 g/mol. The summed E-state index contributed by atoms with van der Waals surface area (Å²) in [6.07, 6.45) is 4.37. The number of rotatable bonds is 1. The van der Waals surface area contributed by atoms with Crippen molar-refractivity contribution in [1.82, 2.24) is 0 Å². The van der Waals surface area contributed by atoms with Crippen molar-refractivity contribution in [3.05, 3.63) is 0 Å². The van der Waals surface area contributed by atoms with Gasteiger partial charge in [-0.25, -0.2) is 0 Å². The van der Waals surface area contributed by atoms with Crippen molar-refractivity contribution in [2.24, 2.45) is 29.1 Å². The first-order valence-corrected chi connectivity index (χ1v) is 6.32. The van der Waals surface area contributed by atoms with Crippen LogP contribution in [0, 0.1) is 29.1 Å². The molecular formula is C14H28. The molecule has 3 atom stereocenters. The molecule has 1 fully saturated rings. The Morgan fingerprint density at radius 3 is 2.07 bits per heavy atom. The van der Waals surface area contributed by atoms with Crippen LogP contribution in [-0.4, -0.2) is 0 Å². The molecule has 0 aromatic heterocycles. The molecule has 1 rings (SSSR count). The summed E-state index contributed by atoms with van der Waals surface area (Å²) in [4.78, 5) is 0. The zero-order valence-electron chi connectivity index (χ0n) is 10.9. The van der Waals surface area contributed by atoms with Crippen molar-refractivity contribution in [3.63, 3.8) is 0 Å². The predicted molar refractivity (Wildman–Crippen MR) is 64.3 cm³/mol. The van der Waals surface area contributed by atoms with Crippen LogP contribution in [0.3, 0.4) is 0 Å². The Balaban J connectivity index is 2.65. The Kier molecular flexibility index (Phi) is 3.66. The smallest absolute Gasteiger partial charge is 0.0337 e. The van der Waals surface area contributed by atoms with Crippen LogP contribution in [0.1, 0.15) is 60.8 Å². The van der Waals surface area contributed by atoms with E-state index in [4.69, 9.17) is 0 Å². The van der Waals surface area contributed by atoms with E-state index in [0.717, 1.165) is 23.7 Å². The molecule has 0 spiro atoms. The zero-order chi connectivity index (χ0) is 10.9. The zero-order valence-corrected chi connectivity index (χ0v) is 10.9. The lowest BCUT2D eigenvalue weighted by Gasteiger charge is -2.43. The van der Waals surface area contributed by atoms with Crippen LogP contribution < -0.4 is 0 Å². The van der Waals surface area contributed by atoms with Gasteiger partial charge in [0.1, 0.15) is 0 Å². The second-order valence-corrected chi connectivity index (χ2v) is 6.77. The SMILES string of the molecule is CC(C)C1CCC(C)C(C(C)(C)C)C1. The highest BCUT2D eigenvalue weighted by Crippen LogP contribution is 2.45. The molecule has 0 saturated heterocycles. The van der Waals surface area contributed by atoms with Crippen LogP contribution >= 0.6 is 0 Å². The third-order valence-electron chi connectivity index (χ3n) is 4.29. The van der Waals surface area contributed by atoms with E-state index in [2.05, 4.69) is 41.5 Å². The van der Waals surface area contributed by atoms with Crippen molar-refractivity contribution in [1.29, 1.82) is 0 Å². The molecular weight excluding hydrogens is 168 g/mol. The highest BCUT2D eigenvalue weighted by atomic mass is 14.4. The molecule has 0 nitrogen and oxygen atoms in total. The maximum absolute atomic E-state index is 2.45. The van der Waals surface area contributed by atoms with Gasteiger partial charge in [0.2, 0.25) is 0 Å². The molecule has 0 radical (unpaired) electrons. The molecule has 0 bridgehead atoms. The molecule has 3 unspecified atom stereocenters. The lowest BCUT2D eigenvalue weighted by atomic mass is 9.62. The summed E-state index contributed by atoms with van der Waals surface area (Å²) in [6.45, 7) is 14.5. The Morgan fingerprint density at radius 1 is 1.07 bits per heavy atom. The molecule has 84 valence electrons. The Bertz CT molecular complexity index is 173. The van der Waals surface area contributed by atoms with Gasteiger partial charge in [-0.3, -0.25) is 0 Å². The quantitative estimate of drug-likeness (QED) is 0.568. The minimum Gasteiger partial charge on any atom is -0.0625 e. The van der Waals surface area contributed by atoms with Gasteiger partial charge in [0.15, 0.2) is 0 Å². The fourth-order valence-corrected chi connectivity index (χ4v) is 3.17. The first-order valence-electron chi connectivity index (χ1n) is 6.32. The summed E-state index contributed by atoms with van der Waals surface area (Å²) >= 11 is 0. The Morgan fingerprint density at radius 2 is 1.64 bits per heavy atom. The van der Waals surface area contributed by atoms with Gasteiger partial charge >= 0.3 is 0 Å². The summed E-state index contributed by atoms with van der Waals surface area (Å²) in [6, 6.07) is 0. The van der Waals surface area contributed by atoms with Gasteiger partial charge in [0.25, 0.3) is 0 Å². The van der Waals surface area contributed by atoms with Crippen LogP contribution in [0.25, 0.3) is 0 Å². The number of hydrogen-bond donors (Lipinski definition) is 0. The molecule has 1 aliphatic rings. The van der Waals surface area contributed by atoms with Gasteiger partial charge in [-0.2, -0.15) is 0 Å². The molecule has 0 N–H and O–H groups in total. The van der Waals surface area contributed by atoms with E-state index >= 15 is 0 Å². The topological polar surface area (TPSA) is 0 Å². The van der Waals surface area contributed by atoms with E-state index in [0.29, 0.717) is 5.41 Å². The standard InChI is InChI=1S/C14H28/c1-10(2)12-8-7-11(3)13(9-12)14(4,5)6/h10-13H,7-9H2,1-6H3. The second-order valence-electron chi connectivity index (χ2n) is 6.77. The Hall–Kier alpha value is 0. The fraction of sp³-hybridized carbons (Fsp3) is 1.00. The molecule has 0 amide bonds. The van der Waals surface area contributed by atoms with Gasteiger partial charge in [0, 0.05) is 0 Å². The highest BCUT2D eigenvalue weighted by Gasteiger charge is 2.35. The van der Waals surface area contributed by atoms with Crippen LogP contribution in [-0.2, 0) is 0 Å². The van der Waals surface area contributed by atoms with Crippen LogP contribution in [0.2, 0.25) is 0 Å². The molecule has 14 heavy (non-hydrogen) atoms. The maximum atomic E-state index is 2.45. The summed E-state index contributed by atoms with van der Waals surface area (Å²) in [5, 5.41) is 0. The monoisotopic (exact) mass is 196 g/mol. The van der Waals surface area contributed by atoms with E-state index in [-0.39, 0.29) is 0 Å². The summed E-state index contributed by atoms with van der Waals surface area (Å²) in [7, 11) is 0. The molecule has 1 saturated carbocycles. The number of hydrogen-bond acceptors (Lipinski definition) is 0. The lowest BCUT2D eigenvalue weighted by Crippen LogP contribution is -2.34. The molecule has 0 aromatic carbocycles. The first kappa shape index (κ1) is 12.1. The van der Waals surface area contributed by atoms with Gasteiger partial charge < -0.3 is 0 Å². The highest BCUT2D eigenvalue weighted by molar-refractivity contribution is 4.86. The van der Waals surface area contributed by atoms with Crippen molar-refractivity contribution in [2.75, 3.05) is 0 Å². The third-order valence-corrected chi connectivity index (χ3v) is 4.29. The van der Waals surface area contributed by atoms with Gasteiger partial charge in [-0.1, -0.05) is 48.0 Å². The minimum absolute atomic E-state index is 0.507. The Labute approximate surface area is 90.5 Å². The van der Waals surface area contributed by atoms with Crippen molar-refractivity contribution in [2.45, 2.75) is 60.8 Å². The molecule has 0 aromatic rings. The first-order chi connectivity index (χ1) is 6.32. The van der Waals surface area contributed by atoms with Crippen molar-refractivity contribution >= 4 is 0 Å². The summed E-state index contributed by atoms with van der Waals surface area (Å²) < 4.78 is 0. The van der Waals surface area contributed by atoms with Gasteiger partial charge in [-0.05, 0) is 41.9 Å². The van der Waals surface area contributed by atoms with Crippen molar-refractivity contribution in [3.8, 4) is 0 Å². The fourth-order valence-electron chi connectivity index (χ4n) is 3.17. The molecule has 0 aliphatic heterocycles.